The van der Waals surface area contributed by atoms with Gasteiger partial charge in [0.2, 0.25) is 11.8 Å². The molecule has 0 radical (unpaired) electrons. The minimum absolute atomic E-state index is 0.0770. The van der Waals surface area contributed by atoms with Crippen molar-refractivity contribution in [3.8, 4) is 0 Å². The summed E-state index contributed by atoms with van der Waals surface area (Å²) < 4.78 is 0. The number of likely N-dealkylation sites (tertiary alicyclic amines) is 1. The summed E-state index contributed by atoms with van der Waals surface area (Å²) in [5.74, 6) is -0.0132. The Morgan fingerprint density at radius 2 is 1.95 bits per heavy atom. The first-order chi connectivity index (χ1) is 10.1. The van der Waals surface area contributed by atoms with Crippen molar-refractivity contribution in [3.63, 3.8) is 0 Å². The van der Waals surface area contributed by atoms with Crippen LogP contribution in [0.5, 0.6) is 0 Å². The average molecular weight is 286 g/mol. The van der Waals surface area contributed by atoms with E-state index in [9.17, 15) is 9.59 Å². The first-order valence-electron chi connectivity index (χ1n) is 7.42. The molecule has 0 spiro atoms. The van der Waals surface area contributed by atoms with E-state index in [-0.39, 0.29) is 11.8 Å². The molecular weight excluding hydrogens is 264 g/mol. The summed E-state index contributed by atoms with van der Waals surface area (Å²) in [5, 5.41) is 2.72. The maximum absolute atomic E-state index is 12.2. The van der Waals surface area contributed by atoms with E-state index in [1.54, 1.807) is 6.08 Å². The highest BCUT2D eigenvalue weighted by Crippen LogP contribution is 2.17. The topological polar surface area (TPSA) is 49.4 Å². The second-order valence-electron chi connectivity index (χ2n) is 5.51. The van der Waals surface area contributed by atoms with Crippen LogP contribution in [0.15, 0.2) is 30.3 Å². The molecule has 1 aromatic carbocycles. The third-order valence-electron chi connectivity index (χ3n) is 3.74. The van der Waals surface area contributed by atoms with E-state index < -0.39 is 0 Å². The van der Waals surface area contributed by atoms with Crippen LogP contribution in [0.1, 0.15) is 38.7 Å². The van der Waals surface area contributed by atoms with Gasteiger partial charge in [0, 0.05) is 31.3 Å². The number of carbonyl (C=O) groups is 2. The van der Waals surface area contributed by atoms with Gasteiger partial charge < -0.3 is 10.2 Å². The zero-order chi connectivity index (χ0) is 15.2. The molecule has 1 saturated heterocycles. The monoisotopic (exact) mass is 286 g/mol. The Balaban J connectivity index is 1.96. The minimum Gasteiger partial charge on any atom is -0.336 e. The molecule has 1 unspecified atom stereocenters. The Labute approximate surface area is 125 Å². The lowest BCUT2D eigenvalue weighted by atomic mass is 10.0. The van der Waals surface area contributed by atoms with Crippen molar-refractivity contribution in [1.29, 1.82) is 0 Å². The van der Waals surface area contributed by atoms with Gasteiger partial charge >= 0.3 is 0 Å². The number of hydrogen-bond acceptors (Lipinski definition) is 2. The molecule has 1 aromatic rings. The standard InChI is InChI=1S/C17H22N2O2/c1-13-5-3-4-12-19(13)17(21)11-8-15-6-9-16(10-7-15)18-14(2)20/h6-11,13H,3-5,12H2,1-2H3,(H,18,20)/b11-8+. The molecule has 2 amide bonds. The second kappa shape index (κ2) is 7.07. The molecule has 1 aliphatic rings. The van der Waals surface area contributed by atoms with Crippen LogP contribution >= 0.6 is 0 Å². The summed E-state index contributed by atoms with van der Waals surface area (Å²) in [5.41, 5.74) is 1.71. The normalized spacial score (nSPS) is 18.8. The van der Waals surface area contributed by atoms with Crippen molar-refractivity contribution in [2.75, 3.05) is 11.9 Å². The molecule has 1 fully saturated rings. The summed E-state index contributed by atoms with van der Waals surface area (Å²) in [6, 6.07) is 7.76. The third kappa shape index (κ3) is 4.45. The quantitative estimate of drug-likeness (QED) is 0.868. The van der Waals surface area contributed by atoms with Crippen molar-refractivity contribution in [2.24, 2.45) is 0 Å². The van der Waals surface area contributed by atoms with E-state index >= 15 is 0 Å². The van der Waals surface area contributed by atoms with Crippen molar-refractivity contribution in [3.05, 3.63) is 35.9 Å². The van der Waals surface area contributed by atoms with Crippen LogP contribution in [0.25, 0.3) is 6.08 Å². The third-order valence-corrected chi connectivity index (χ3v) is 3.74. The molecule has 0 aromatic heterocycles. The van der Waals surface area contributed by atoms with Crippen molar-refractivity contribution < 1.29 is 9.59 Å². The molecule has 2 rings (SSSR count). The lowest BCUT2D eigenvalue weighted by Gasteiger charge is -2.32. The van der Waals surface area contributed by atoms with Gasteiger partial charge in [-0.2, -0.15) is 0 Å². The lowest BCUT2D eigenvalue weighted by Crippen LogP contribution is -2.41. The molecule has 0 saturated carbocycles. The van der Waals surface area contributed by atoms with Crippen LogP contribution in [0.3, 0.4) is 0 Å². The van der Waals surface area contributed by atoms with Crippen molar-refractivity contribution in [2.45, 2.75) is 39.2 Å². The van der Waals surface area contributed by atoms with Gasteiger partial charge in [-0.3, -0.25) is 9.59 Å². The molecule has 1 aliphatic heterocycles. The van der Waals surface area contributed by atoms with Crippen LogP contribution in [0, 0.1) is 0 Å². The number of amides is 2. The minimum atomic E-state index is -0.0902. The number of carbonyl (C=O) groups excluding carboxylic acids is 2. The summed E-state index contributed by atoms with van der Waals surface area (Å²) in [7, 11) is 0. The average Bonchev–Trinajstić information content (AvgIpc) is 2.46. The zero-order valence-corrected chi connectivity index (χ0v) is 12.6. The van der Waals surface area contributed by atoms with Gasteiger partial charge in [0.15, 0.2) is 0 Å². The SMILES string of the molecule is CC(=O)Nc1ccc(/C=C/C(=O)N2CCCCC2C)cc1. The Morgan fingerprint density at radius 1 is 1.24 bits per heavy atom. The molecule has 112 valence electrons. The number of hydrogen-bond donors (Lipinski definition) is 1. The van der Waals surface area contributed by atoms with E-state index in [0.717, 1.165) is 30.6 Å². The van der Waals surface area contributed by atoms with Crippen LogP contribution in [-0.2, 0) is 9.59 Å². The Hall–Kier alpha value is -2.10. The van der Waals surface area contributed by atoms with Gasteiger partial charge in [0.25, 0.3) is 0 Å². The molecule has 4 nitrogen and oxygen atoms in total. The number of piperidine rings is 1. The maximum Gasteiger partial charge on any atom is 0.246 e. The maximum atomic E-state index is 12.2. The van der Waals surface area contributed by atoms with Gasteiger partial charge in [0.05, 0.1) is 0 Å². The zero-order valence-electron chi connectivity index (χ0n) is 12.6. The van der Waals surface area contributed by atoms with E-state index in [4.69, 9.17) is 0 Å². The first kappa shape index (κ1) is 15.3. The van der Waals surface area contributed by atoms with Gasteiger partial charge in [-0.05, 0) is 50.0 Å². The van der Waals surface area contributed by atoms with Crippen molar-refractivity contribution in [1.82, 2.24) is 4.90 Å². The van der Waals surface area contributed by atoms with Crippen LogP contribution in [-0.4, -0.2) is 29.3 Å². The van der Waals surface area contributed by atoms with E-state index in [2.05, 4.69) is 12.2 Å². The highest BCUT2D eigenvalue weighted by atomic mass is 16.2. The van der Waals surface area contributed by atoms with Gasteiger partial charge in [-0.15, -0.1) is 0 Å². The molecule has 0 bridgehead atoms. The fourth-order valence-electron chi connectivity index (χ4n) is 2.57. The predicted molar refractivity (Wildman–Crippen MR) is 84.8 cm³/mol. The highest BCUT2D eigenvalue weighted by Gasteiger charge is 2.20. The summed E-state index contributed by atoms with van der Waals surface area (Å²) in [4.78, 5) is 25.1. The van der Waals surface area contributed by atoms with Crippen LogP contribution in [0.4, 0.5) is 5.69 Å². The molecule has 1 N–H and O–H groups in total. The number of nitrogens with zero attached hydrogens (tertiary/aromatic N) is 1. The molecule has 21 heavy (non-hydrogen) atoms. The van der Waals surface area contributed by atoms with Crippen LogP contribution < -0.4 is 5.32 Å². The molecule has 1 heterocycles. The Morgan fingerprint density at radius 3 is 2.57 bits per heavy atom. The largest absolute Gasteiger partial charge is 0.336 e. The van der Waals surface area contributed by atoms with Gasteiger partial charge in [-0.25, -0.2) is 0 Å². The lowest BCUT2D eigenvalue weighted by molar-refractivity contribution is -0.129. The summed E-state index contributed by atoms with van der Waals surface area (Å²) in [6.07, 6.45) is 6.84. The van der Waals surface area contributed by atoms with E-state index in [0.29, 0.717) is 6.04 Å². The Kier molecular flexibility index (Phi) is 5.14. The number of nitrogens with one attached hydrogen (secondary N) is 1. The first-order valence-corrected chi connectivity index (χ1v) is 7.42. The van der Waals surface area contributed by atoms with E-state index in [1.165, 1.54) is 13.3 Å². The van der Waals surface area contributed by atoms with Gasteiger partial charge in [-0.1, -0.05) is 12.1 Å². The number of rotatable bonds is 3. The van der Waals surface area contributed by atoms with E-state index in [1.807, 2.05) is 35.2 Å². The molecule has 1 atom stereocenters. The molecule has 0 aliphatic carbocycles. The fourth-order valence-corrected chi connectivity index (χ4v) is 2.57. The number of benzene rings is 1. The fraction of sp³-hybridized carbons (Fsp3) is 0.412. The Bertz CT molecular complexity index is 534. The smallest absolute Gasteiger partial charge is 0.246 e. The van der Waals surface area contributed by atoms with Crippen LogP contribution in [0.2, 0.25) is 0 Å². The molecular formula is C17H22N2O2. The number of anilines is 1. The summed E-state index contributed by atoms with van der Waals surface area (Å²) in [6.45, 7) is 4.44. The molecule has 4 heteroatoms. The predicted octanol–water partition coefficient (Wildman–Crippen LogP) is 3.06. The second-order valence-corrected chi connectivity index (χ2v) is 5.51. The van der Waals surface area contributed by atoms with Crippen molar-refractivity contribution >= 4 is 23.6 Å². The van der Waals surface area contributed by atoms with Gasteiger partial charge in [0.1, 0.15) is 0 Å². The highest BCUT2D eigenvalue weighted by molar-refractivity contribution is 5.92. The summed E-state index contributed by atoms with van der Waals surface area (Å²) >= 11 is 0.